The number of amides is 2. The van der Waals surface area contributed by atoms with Gasteiger partial charge in [0.15, 0.2) is 5.88 Å². The third-order valence-electron chi connectivity index (χ3n) is 1.12. The molecule has 0 unspecified atom stereocenters. The summed E-state index contributed by atoms with van der Waals surface area (Å²) in [6.45, 7) is 0. The van der Waals surface area contributed by atoms with E-state index in [-0.39, 0.29) is 5.88 Å². The lowest BCUT2D eigenvalue weighted by atomic mass is 10.5. The van der Waals surface area contributed by atoms with Crippen molar-refractivity contribution >= 4 is 18.1 Å². The number of rotatable bonds is 3. The van der Waals surface area contributed by atoms with Crippen LogP contribution in [0.5, 0.6) is 0 Å². The Balaban J connectivity index is 2.63. The highest BCUT2D eigenvalue weighted by Crippen LogP contribution is 2.14. The van der Waals surface area contributed by atoms with Crippen molar-refractivity contribution in [2.45, 2.75) is 0 Å². The van der Waals surface area contributed by atoms with Gasteiger partial charge in [0.2, 0.25) is 0 Å². The molecule has 8 heteroatoms. The summed E-state index contributed by atoms with van der Waals surface area (Å²) in [5.74, 6) is 0.453. The second kappa shape index (κ2) is 4.53. The molecule has 8 nitrogen and oxygen atoms in total. The van der Waals surface area contributed by atoms with Gasteiger partial charge in [-0.1, -0.05) is 0 Å². The number of nitrogens with zero attached hydrogens (tertiary/aromatic N) is 4. The quantitative estimate of drug-likeness (QED) is 0.246. The second-order valence-corrected chi connectivity index (χ2v) is 2.10. The molecule has 0 bridgehead atoms. The smallest absolute Gasteiger partial charge is 0.332 e. The molecule has 0 spiro atoms. The van der Waals surface area contributed by atoms with E-state index in [9.17, 15) is 4.79 Å². The first-order valence-corrected chi connectivity index (χ1v) is 3.46. The molecule has 0 aliphatic rings. The maximum Gasteiger partial charge on any atom is 0.332 e. The van der Waals surface area contributed by atoms with Gasteiger partial charge in [-0.25, -0.2) is 10.2 Å². The molecule has 0 radical (unpaired) electrons. The molecule has 1 heterocycles. The molecule has 1 rings (SSSR count). The van der Waals surface area contributed by atoms with Crippen LogP contribution in [-0.2, 0) is 0 Å². The second-order valence-electron chi connectivity index (χ2n) is 2.10. The van der Waals surface area contributed by atoms with E-state index in [0.29, 0.717) is 5.76 Å². The minimum Gasteiger partial charge on any atom is -0.453 e. The van der Waals surface area contributed by atoms with Gasteiger partial charge in [-0.05, 0) is 22.8 Å². The summed E-state index contributed by atoms with van der Waals surface area (Å²) >= 11 is 0. The van der Waals surface area contributed by atoms with Crippen molar-refractivity contribution < 1.29 is 9.21 Å². The highest BCUT2D eigenvalue weighted by molar-refractivity contribution is 5.79. The zero-order chi connectivity index (χ0) is 10.4. The van der Waals surface area contributed by atoms with E-state index in [2.05, 4.69) is 15.1 Å². The normalized spacial score (nSPS) is 9.71. The molecule has 1 aromatic rings. The van der Waals surface area contributed by atoms with Crippen molar-refractivity contribution in [1.82, 2.24) is 5.43 Å². The number of furan rings is 1. The number of nitrogens with two attached hydrogens (primary N) is 1. The minimum absolute atomic E-state index is 0.119. The molecule has 2 amide bonds. The maximum atomic E-state index is 10.2. The number of carbonyl (C=O) groups excluding carboxylic acids is 1. The molecule has 1 aromatic heterocycles. The molecular weight excluding hydrogens is 188 g/mol. The molecule has 0 aliphatic heterocycles. The van der Waals surface area contributed by atoms with Gasteiger partial charge in [-0.15, -0.1) is 0 Å². The molecule has 72 valence electrons. The maximum absolute atomic E-state index is 10.2. The Morgan fingerprint density at radius 3 is 3.14 bits per heavy atom. The van der Waals surface area contributed by atoms with Gasteiger partial charge in [0, 0.05) is 4.91 Å². The van der Waals surface area contributed by atoms with E-state index in [4.69, 9.17) is 15.7 Å². The fraction of sp³-hybridized carbons (Fsp3) is 0. The first-order chi connectivity index (χ1) is 6.72. The molecule has 14 heavy (non-hydrogen) atoms. The number of hydrogen-bond acceptors (Lipinski definition) is 4. The molecule has 0 aliphatic carbocycles. The molecule has 0 saturated carbocycles. The SMILES string of the molecule is [N-]=[N+]=Nc1ccc(/C=N\NC(N)=O)o1. The average molecular weight is 194 g/mol. The van der Waals surface area contributed by atoms with E-state index in [1.165, 1.54) is 18.3 Å². The predicted molar refractivity (Wildman–Crippen MR) is 47.8 cm³/mol. The monoisotopic (exact) mass is 194 g/mol. The average Bonchev–Trinajstić information content (AvgIpc) is 2.53. The van der Waals surface area contributed by atoms with Gasteiger partial charge < -0.3 is 10.2 Å². The zero-order valence-corrected chi connectivity index (χ0v) is 6.91. The Morgan fingerprint density at radius 2 is 2.50 bits per heavy atom. The summed E-state index contributed by atoms with van der Waals surface area (Å²) in [6.07, 6.45) is 1.22. The largest absolute Gasteiger partial charge is 0.453 e. The van der Waals surface area contributed by atoms with Crippen molar-refractivity contribution in [2.75, 3.05) is 0 Å². The molecular formula is C6H6N6O2. The number of nitrogens with one attached hydrogen (secondary N) is 1. The van der Waals surface area contributed by atoms with Crippen LogP contribution in [0.15, 0.2) is 26.8 Å². The number of hydrazone groups is 1. The standard InChI is InChI=1S/C6H6N6O2/c7-6(13)11-9-3-4-1-2-5(14-4)10-12-8/h1-3H,(H3,7,11,13)/b9-3-. The third kappa shape index (κ3) is 2.88. The van der Waals surface area contributed by atoms with Crippen LogP contribution in [0.2, 0.25) is 0 Å². The summed E-state index contributed by atoms with van der Waals surface area (Å²) < 4.78 is 4.94. The van der Waals surface area contributed by atoms with Crippen LogP contribution in [-0.4, -0.2) is 12.2 Å². The topological polar surface area (TPSA) is 129 Å². The summed E-state index contributed by atoms with van der Waals surface area (Å²) in [5, 5.41) is 6.65. The van der Waals surface area contributed by atoms with Crippen LogP contribution in [0.1, 0.15) is 5.76 Å². The van der Waals surface area contributed by atoms with Crippen molar-refractivity contribution in [3.05, 3.63) is 28.3 Å². The van der Waals surface area contributed by atoms with E-state index < -0.39 is 6.03 Å². The highest BCUT2D eigenvalue weighted by atomic mass is 16.4. The number of hydrogen-bond donors (Lipinski definition) is 2. The molecule has 0 atom stereocenters. The van der Waals surface area contributed by atoms with E-state index in [1.807, 2.05) is 5.43 Å². The lowest BCUT2D eigenvalue weighted by Crippen LogP contribution is -2.24. The van der Waals surface area contributed by atoms with Crippen molar-refractivity contribution in [3.8, 4) is 0 Å². The number of azide groups is 1. The Hall–Kier alpha value is -2.47. The van der Waals surface area contributed by atoms with Gasteiger partial charge in [0.05, 0.1) is 6.21 Å². The number of urea groups is 1. The van der Waals surface area contributed by atoms with Crippen LogP contribution in [0.25, 0.3) is 10.4 Å². The van der Waals surface area contributed by atoms with E-state index in [0.717, 1.165) is 0 Å². The fourth-order valence-electron chi connectivity index (χ4n) is 0.669. The summed E-state index contributed by atoms with van der Waals surface area (Å²) in [6, 6.07) is 2.21. The first-order valence-electron chi connectivity index (χ1n) is 3.46. The van der Waals surface area contributed by atoms with Gasteiger partial charge in [-0.3, -0.25) is 0 Å². The van der Waals surface area contributed by atoms with Gasteiger partial charge >= 0.3 is 6.03 Å². The Bertz CT molecular complexity index is 402. The lowest BCUT2D eigenvalue weighted by Gasteiger charge is -1.88. The molecule has 3 N–H and O–H groups in total. The summed E-state index contributed by atoms with van der Waals surface area (Å²) in [7, 11) is 0. The van der Waals surface area contributed by atoms with Crippen LogP contribution < -0.4 is 11.2 Å². The van der Waals surface area contributed by atoms with Crippen molar-refractivity contribution in [2.24, 2.45) is 15.9 Å². The Labute approximate surface area is 78.0 Å². The summed E-state index contributed by atoms with van der Waals surface area (Å²) in [4.78, 5) is 12.7. The Morgan fingerprint density at radius 1 is 1.71 bits per heavy atom. The zero-order valence-electron chi connectivity index (χ0n) is 6.91. The van der Waals surface area contributed by atoms with Crippen molar-refractivity contribution in [1.29, 1.82) is 0 Å². The van der Waals surface area contributed by atoms with Gasteiger partial charge in [-0.2, -0.15) is 5.10 Å². The van der Waals surface area contributed by atoms with Crippen LogP contribution in [0.3, 0.4) is 0 Å². The Kier molecular flexibility index (Phi) is 3.11. The molecule has 0 aromatic carbocycles. The van der Waals surface area contributed by atoms with Gasteiger partial charge in [0.1, 0.15) is 5.76 Å². The lowest BCUT2D eigenvalue weighted by molar-refractivity contribution is 0.249. The third-order valence-corrected chi connectivity index (χ3v) is 1.12. The van der Waals surface area contributed by atoms with Crippen LogP contribution >= 0.6 is 0 Å². The number of carbonyl (C=O) groups is 1. The van der Waals surface area contributed by atoms with Gasteiger partial charge in [0.25, 0.3) is 0 Å². The first kappa shape index (κ1) is 9.62. The van der Waals surface area contributed by atoms with E-state index >= 15 is 0 Å². The van der Waals surface area contributed by atoms with Crippen LogP contribution in [0.4, 0.5) is 10.7 Å². The molecule has 0 saturated heterocycles. The molecule has 0 fully saturated rings. The van der Waals surface area contributed by atoms with Crippen LogP contribution in [0, 0.1) is 0 Å². The predicted octanol–water partition coefficient (Wildman–Crippen LogP) is 1.22. The van der Waals surface area contributed by atoms with Crippen molar-refractivity contribution in [3.63, 3.8) is 0 Å². The fourth-order valence-corrected chi connectivity index (χ4v) is 0.669. The summed E-state index contributed by atoms with van der Waals surface area (Å²) in [5.41, 5.74) is 14.8. The highest BCUT2D eigenvalue weighted by Gasteiger charge is 1.96. The van der Waals surface area contributed by atoms with E-state index in [1.54, 1.807) is 0 Å². The minimum atomic E-state index is -0.775. The number of primary amides is 1.